The number of nitrogens with one attached hydrogen (secondary N) is 1. The van der Waals surface area contributed by atoms with Crippen molar-refractivity contribution < 1.29 is 14.3 Å². The minimum Gasteiger partial charge on any atom is -0.449 e. The Morgan fingerprint density at radius 2 is 1.70 bits per heavy atom. The molecule has 0 unspecified atom stereocenters. The van der Waals surface area contributed by atoms with Crippen LogP contribution >= 0.6 is 0 Å². The molecule has 1 aliphatic rings. The van der Waals surface area contributed by atoms with Crippen LogP contribution in [0.2, 0.25) is 0 Å². The Bertz CT molecular complexity index is 1690. The summed E-state index contributed by atoms with van der Waals surface area (Å²) < 4.78 is 5.69. The molecule has 6 heteroatoms. The van der Waals surface area contributed by atoms with Gasteiger partial charge in [-0.1, -0.05) is 75.4 Å². The van der Waals surface area contributed by atoms with Crippen LogP contribution in [0.1, 0.15) is 72.4 Å². The molecule has 1 atom stereocenters. The smallest absolute Gasteiger partial charge is 0.339 e. The number of anilines is 1. The van der Waals surface area contributed by atoms with E-state index in [0.717, 1.165) is 28.8 Å². The molecule has 0 fully saturated rings. The maximum Gasteiger partial charge on any atom is 0.339 e. The number of carbonyl (C=O) groups excluding carboxylic acids is 2. The summed E-state index contributed by atoms with van der Waals surface area (Å²) in [4.78, 5) is 31.4. The Labute approximate surface area is 234 Å². The number of ether oxygens (including phenoxy) is 1. The highest BCUT2D eigenvalue weighted by Crippen LogP contribution is 2.38. The summed E-state index contributed by atoms with van der Waals surface area (Å²) in [6.07, 6.45) is 2.47. The van der Waals surface area contributed by atoms with Gasteiger partial charge in [-0.3, -0.25) is 4.79 Å². The molecule has 1 aliphatic carbocycles. The molecule has 6 nitrogen and oxygen atoms in total. The van der Waals surface area contributed by atoms with Crippen molar-refractivity contribution in [3.8, 4) is 6.07 Å². The number of nitrogens with zero attached hydrogens (tertiary/aromatic N) is 2. The highest BCUT2D eigenvalue weighted by Gasteiger charge is 2.29. The summed E-state index contributed by atoms with van der Waals surface area (Å²) in [5.74, 6) is -1.08. The van der Waals surface area contributed by atoms with Gasteiger partial charge in [0.15, 0.2) is 6.10 Å². The second kappa shape index (κ2) is 10.8. The highest BCUT2D eigenvalue weighted by molar-refractivity contribution is 6.08. The maximum absolute atomic E-state index is 13.6. The third-order valence-corrected chi connectivity index (χ3v) is 7.22. The van der Waals surface area contributed by atoms with Gasteiger partial charge in [0.1, 0.15) is 6.07 Å². The third kappa shape index (κ3) is 5.37. The number of hydrogen-bond acceptors (Lipinski definition) is 5. The van der Waals surface area contributed by atoms with Crippen molar-refractivity contribution in [2.45, 2.75) is 52.1 Å². The zero-order valence-electron chi connectivity index (χ0n) is 23.1. The summed E-state index contributed by atoms with van der Waals surface area (Å²) in [6.45, 7) is 8.11. The minimum absolute atomic E-state index is 0.0779. The first-order valence-electron chi connectivity index (χ1n) is 13.4. The molecular weight excluding hydrogens is 498 g/mol. The van der Waals surface area contributed by atoms with Crippen molar-refractivity contribution in [2.24, 2.45) is 0 Å². The van der Waals surface area contributed by atoms with Crippen molar-refractivity contribution in [3.63, 3.8) is 0 Å². The number of amides is 1. The van der Waals surface area contributed by atoms with Gasteiger partial charge in [0.05, 0.1) is 28.0 Å². The number of nitriles is 1. The van der Waals surface area contributed by atoms with Crippen LogP contribution in [0, 0.1) is 11.3 Å². The van der Waals surface area contributed by atoms with E-state index in [1.807, 2.05) is 24.3 Å². The van der Waals surface area contributed by atoms with Gasteiger partial charge in [0.2, 0.25) is 0 Å². The summed E-state index contributed by atoms with van der Waals surface area (Å²) in [5, 5.41) is 12.7. The lowest BCUT2D eigenvalue weighted by Crippen LogP contribution is -2.30. The molecule has 40 heavy (non-hydrogen) atoms. The van der Waals surface area contributed by atoms with Crippen LogP contribution in [-0.2, 0) is 21.4 Å². The Morgan fingerprint density at radius 1 is 1.00 bits per heavy atom. The van der Waals surface area contributed by atoms with E-state index < -0.39 is 18.0 Å². The number of benzene rings is 3. The van der Waals surface area contributed by atoms with E-state index in [1.165, 1.54) is 12.5 Å². The first kappa shape index (κ1) is 26.8. The summed E-state index contributed by atoms with van der Waals surface area (Å²) in [7, 11) is 0. The largest absolute Gasteiger partial charge is 0.449 e. The van der Waals surface area contributed by atoms with Crippen molar-refractivity contribution in [3.05, 3.63) is 106 Å². The maximum atomic E-state index is 13.6. The van der Waals surface area contributed by atoms with E-state index in [2.05, 4.69) is 62.5 Å². The molecule has 4 aromatic rings. The zero-order chi connectivity index (χ0) is 28.4. The lowest BCUT2D eigenvalue weighted by molar-refractivity contribution is -0.123. The Morgan fingerprint density at radius 3 is 2.42 bits per heavy atom. The van der Waals surface area contributed by atoms with E-state index in [1.54, 1.807) is 24.3 Å². The average molecular weight is 530 g/mol. The molecule has 0 saturated heterocycles. The van der Waals surface area contributed by atoms with Gasteiger partial charge in [0, 0.05) is 5.39 Å². The summed E-state index contributed by atoms with van der Waals surface area (Å²) in [5.41, 5.74) is 6.98. The van der Waals surface area contributed by atoms with Gasteiger partial charge in [-0.15, -0.1) is 0 Å². The molecular formula is C34H31N3O3. The van der Waals surface area contributed by atoms with Crippen molar-refractivity contribution in [1.29, 1.82) is 5.26 Å². The van der Waals surface area contributed by atoms with Crippen LogP contribution in [-0.4, -0.2) is 23.0 Å². The Kier molecular flexibility index (Phi) is 7.23. The van der Waals surface area contributed by atoms with Gasteiger partial charge in [-0.2, -0.15) is 5.26 Å². The van der Waals surface area contributed by atoms with E-state index in [0.29, 0.717) is 34.1 Å². The number of aromatic nitrogens is 1. The van der Waals surface area contributed by atoms with Crippen LogP contribution in [0.3, 0.4) is 0 Å². The minimum atomic E-state index is -1.07. The van der Waals surface area contributed by atoms with Crippen LogP contribution in [0.15, 0.2) is 72.8 Å². The van der Waals surface area contributed by atoms with Crippen molar-refractivity contribution >= 4 is 40.1 Å². The standard InChI is InChI=1S/C34H31N3O3/c1-21(32(38)37-28-11-7-5-9-24(28)20-35)40-33(39)30-26-10-6-8-12-29(26)36-31-23(15-18-27(30)31)19-22-13-16-25(17-14-22)34(2,3)4/h5-14,16-17,19,21H,15,18H2,1-4H3,(H,37,38)/b23-19+/t21-/m1/s1. The molecule has 0 bridgehead atoms. The lowest BCUT2D eigenvalue weighted by Gasteiger charge is -2.18. The fourth-order valence-corrected chi connectivity index (χ4v) is 4.99. The van der Waals surface area contributed by atoms with E-state index in [4.69, 9.17) is 9.72 Å². The lowest BCUT2D eigenvalue weighted by atomic mass is 9.86. The number of allylic oxidation sites excluding steroid dienone is 1. The van der Waals surface area contributed by atoms with E-state index in [-0.39, 0.29) is 5.41 Å². The fourth-order valence-electron chi connectivity index (χ4n) is 4.99. The fraction of sp³-hybridized carbons (Fsp3) is 0.235. The second-order valence-corrected chi connectivity index (χ2v) is 11.1. The van der Waals surface area contributed by atoms with Crippen molar-refractivity contribution in [2.75, 3.05) is 5.32 Å². The van der Waals surface area contributed by atoms with Gasteiger partial charge < -0.3 is 10.1 Å². The molecule has 0 aliphatic heterocycles. The number of fused-ring (bicyclic) bond motifs is 2. The topological polar surface area (TPSA) is 92.1 Å². The molecule has 3 aromatic carbocycles. The summed E-state index contributed by atoms with van der Waals surface area (Å²) >= 11 is 0. The van der Waals surface area contributed by atoms with Gasteiger partial charge in [0.25, 0.3) is 5.91 Å². The molecule has 5 rings (SSSR count). The highest BCUT2D eigenvalue weighted by atomic mass is 16.5. The van der Waals surface area contributed by atoms with Gasteiger partial charge in [-0.05, 0) is 71.7 Å². The van der Waals surface area contributed by atoms with Crippen molar-refractivity contribution in [1.82, 2.24) is 4.98 Å². The number of carbonyl (C=O) groups is 2. The molecule has 0 spiro atoms. The average Bonchev–Trinajstić information content (AvgIpc) is 3.33. The van der Waals surface area contributed by atoms with Crippen LogP contribution in [0.4, 0.5) is 5.69 Å². The second-order valence-electron chi connectivity index (χ2n) is 11.1. The molecule has 1 aromatic heterocycles. The number of rotatable bonds is 5. The van der Waals surface area contributed by atoms with Crippen LogP contribution in [0.5, 0.6) is 0 Å². The van der Waals surface area contributed by atoms with Crippen LogP contribution in [0.25, 0.3) is 22.6 Å². The number of para-hydroxylation sites is 2. The zero-order valence-corrected chi connectivity index (χ0v) is 23.1. The van der Waals surface area contributed by atoms with Gasteiger partial charge in [-0.25, -0.2) is 9.78 Å². The number of esters is 1. The molecule has 0 saturated carbocycles. The van der Waals surface area contributed by atoms with Crippen LogP contribution < -0.4 is 5.32 Å². The van der Waals surface area contributed by atoms with Gasteiger partial charge >= 0.3 is 5.97 Å². The quantitative estimate of drug-likeness (QED) is 0.279. The molecule has 1 amide bonds. The number of hydrogen-bond donors (Lipinski definition) is 1. The van der Waals surface area contributed by atoms with E-state index >= 15 is 0 Å². The molecule has 1 N–H and O–H groups in total. The number of pyridine rings is 1. The molecule has 1 heterocycles. The Hall–Kier alpha value is -4.76. The molecule has 0 radical (unpaired) electrons. The SMILES string of the molecule is C[C@@H](OC(=O)c1c2c(nc3ccccc13)/C(=C/c1ccc(C(C)(C)C)cc1)CC2)C(=O)Nc1ccccc1C#N. The monoisotopic (exact) mass is 529 g/mol. The first-order valence-corrected chi connectivity index (χ1v) is 13.4. The predicted octanol–water partition coefficient (Wildman–Crippen LogP) is 7.07. The first-order chi connectivity index (χ1) is 19.2. The molecule has 200 valence electrons. The normalized spacial score (nSPS) is 14.4. The summed E-state index contributed by atoms with van der Waals surface area (Å²) in [6, 6.07) is 24.8. The predicted molar refractivity (Wildman–Crippen MR) is 158 cm³/mol. The van der Waals surface area contributed by atoms with E-state index in [9.17, 15) is 14.9 Å². The Balaban J connectivity index is 1.45. The third-order valence-electron chi connectivity index (χ3n) is 7.22.